The van der Waals surface area contributed by atoms with Gasteiger partial charge in [0.2, 0.25) is 10.0 Å². The molecule has 120 valence electrons. The van der Waals surface area contributed by atoms with E-state index >= 15 is 0 Å². The smallest absolute Gasteiger partial charge is 0.247 e. The van der Waals surface area contributed by atoms with Gasteiger partial charge in [0.15, 0.2) is 0 Å². The van der Waals surface area contributed by atoms with E-state index in [-0.39, 0.29) is 6.04 Å². The fourth-order valence-corrected chi connectivity index (χ4v) is 3.67. The maximum Gasteiger partial charge on any atom is 0.247 e. The molecular weight excluding hydrogens is 312 g/mol. The molecule has 1 heterocycles. The third-order valence-electron chi connectivity index (χ3n) is 3.81. The van der Waals surface area contributed by atoms with Gasteiger partial charge < -0.3 is 4.74 Å². The van der Waals surface area contributed by atoms with Crippen LogP contribution < -0.4 is 4.74 Å². The minimum atomic E-state index is -3.46. The Kier molecular flexibility index (Phi) is 4.09. The fraction of sp³-hybridized carbons (Fsp3) is 0.235. The molecule has 0 saturated heterocycles. The molecule has 23 heavy (non-hydrogen) atoms. The van der Waals surface area contributed by atoms with Gasteiger partial charge in [-0.25, -0.2) is 8.42 Å². The first-order valence-corrected chi connectivity index (χ1v) is 9.11. The van der Waals surface area contributed by atoms with Crippen molar-refractivity contribution in [1.29, 1.82) is 0 Å². The molecule has 0 bridgehead atoms. The van der Waals surface area contributed by atoms with Gasteiger partial charge in [0.05, 0.1) is 25.1 Å². The lowest BCUT2D eigenvalue weighted by Gasteiger charge is -2.21. The van der Waals surface area contributed by atoms with Gasteiger partial charge in [-0.1, -0.05) is 42.5 Å². The van der Waals surface area contributed by atoms with E-state index in [0.717, 1.165) is 11.1 Å². The van der Waals surface area contributed by atoms with Crippen molar-refractivity contribution in [2.45, 2.75) is 12.5 Å². The molecule has 0 spiro atoms. The number of sulfonamides is 1. The number of nitrogens with zero attached hydrogens (tertiary/aromatic N) is 2. The van der Waals surface area contributed by atoms with Gasteiger partial charge in [0, 0.05) is 12.0 Å². The molecule has 0 unspecified atom stereocenters. The van der Waals surface area contributed by atoms with Crippen molar-refractivity contribution < 1.29 is 13.2 Å². The zero-order chi connectivity index (χ0) is 16.4. The van der Waals surface area contributed by atoms with E-state index in [1.54, 1.807) is 7.11 Å². The minimum absolute atomic E-state index is 0.328. The number of hydrogen-bond donors (Lipinski definition) is 0. The van der Waals surface area contributed by atoms with E-state index in [0.29, 0.717) is 17.9 Å². The number of hydrazone groups is 1. The zero-order valence-corrected chi connectivity index (χ0v) is 13.8. The summed E-state index contributed by atoms with van der Waals surface area (Å²) >= 11 is 0. The molecule has 6 heteroatoms. The first kappa shape index (κ1) is 15.6. The Labute approximate surface area is 136 Å². The summed E-state index contributed by atoms with van der Waals surface area (Å²) in [6.07, 6.45) is 1.69. The van der Waals surface area contributed by atoms with Gasteiger partial charge in [0.25, 0.3) is 0 Å². The fourth-order valence-electron chi connectivity index (χ4n) is 2.76. The van der Waals surface area contributed by atoms with Crippen LogP contribution in [0.5, 0.6) is 5.75 Å². The third-order valence-corrected chi connectivity index (χ3v) is 4.83. The van der Waals surface area contributed by atoms with Crippen LogP contribution in [-0.4, -0.2) is 31.9 Å². The third kappa shape index (κ3) is 3.07. The quantitative estimate of drug-likeness (QED) is 0.866. The van der Waals surface area contributed by atoms with E-state index in [1.165, 1.54) is 10.7 Å². The summed E-state index contributed by atoms with van der Waals surface area (Å²) in [6.45, 7) is 0. The Morgan fingerprint density at radius 1 is 1.09 bits per heavy atom. The van der Waals surface area contributed by atoms with Gasteiger partial charge in [-0.2, -0.15) is 9.52 Å². The highest BCUT2D eigenvalue weighted by Crippen LogP contribution is 2.36. The lowest BCUT2D eigenvalue weighted by molar-refractivity contribution is 0.375. The number of rotatable bonds is 4. The number of hydrogen-bond acceptors (Lipinski definition) is 4. The topological polar surface area (TPSA) is 59.0 Å². The molecule has 1 aliphatic rings. The Morgan fingerprint density at radius 3 is 2.39 bits per heavy atom. The molecule has 0 radical (unpaired) electrons. The summed E-state index contributed by atoms with van der Waals surface area (Å²) in [7, 11) is -1.86. The van der Waals surface area contributed by atoms with Crippen LogP contribution in [0.15, 0.2) is 59.7 Å². The maximum atomic E-state index is 12.1. The standard InChI is InChI=1S/C17H18N2O3S/c1-22-17-11-7-6-10-14(17)15-12-16(13-8-4-3-5-9-13)19(18-15)23(2,20)21/h3-11,16H,12H2,1-2H3/t16-/m1/s1. The van der Waals surface area contributed by atoms with Crippen molar-refractivity contribution >= 4 is 15.7 Å². The first-order valence-electron chi connectivity index (χ1n) is 7.26. The van der Waals surface area contributed by atoms with E-state index in [2.05, 4.69) is 5.10 Å². The highest BCUT2D eigenvalue weighted by Gasteiger charge is 2.35. The molecule has 1 aliphatic heterocycles. The van der Waals surface area contributed by atoms with Gasteiger partial charge in [-0.15, -0.1) is 0 Å². The van der Waals surface area contributed by atoms with Crippen molar-refractivity contribution in [3.8, 4) is 5.75 Å². The zero-order valence-electron chi connectivity index (χ0n) is 13.0. The predicted octanol–water partition coefficient (Wildman–Crippen LogP) is 2.81. The molecule has 0 aliphatic carbocycles. The average molecular weight is 330 g/mol. The molecule has 0 saturated carbocycles. The molecule has 1 atom stereocenters. The summed E-state index contributed by atoms with van der Waals surface area (Å²) in [5, 5.41) is 4.38. The van der Waals surface area contributed by atoms with Crippen molar-refractivity contribution in [2.24, 2.45) is 5.10 Å². The lowest BCUT2D eigenvalue weighted by Crippen LogP contribution is -2.25. The van der Waals surface area contributed by atoms with Gasteiger partial charge in [0.1, 0.15) is 5.75 Å². The second-order valence-electron chi connectivity index (χ2n) is 5.41. The summed E-state index contributed by atoms with van der Waals surface area (Å²) in [6, 6.07) is 16.7. The van der Waals surface area contributed by atoms with Crippen molar-refractivity contribution in [3.63, 3.8) is 0 Å². The summed E-state index contributed by atoms with van der Waals surface area (Å²) in [4.78, 5) is 0. The second kappa shape index (κ2) is 6.04. The van der Waals surface area contributed by atoms with Crippen LogP contribution in [0.1, 0.15) is 23.6 Å². The van der Waals surface area contributed by atoms with Crippen LogP contribution in [0.2, 0.25) is 0 Å². The molecule has 0 aromatic heterocycles. The van der Waals surface area contributed by atoms with Crippen LogP contribution in [0.3, 0.4) is 0 Å². The second-order valence-corrected chi connectivity index (χ2v) is 7.25. The number of para-hydroxylation sites is 1. The Bertz CT molecular complexity index is 832. The van der Waals surface area contributed by atoms with E-state index in [1.807, 2.05) is 54.6 Å². The monoisotopic (exact) mass is 330 g/mol. The van der Waals surface area contributed by atoms with E-state index < -0.39 is 10.0 Å². The summed E-state index contributed by atoms with van der Waals surface area (Å²) < 4.78 is 30.8. The van der Waals surface area contributed by atoms with E-state index in [4.69, 9.17) is 4.74 Å². The van der Waals surface area contributed by atoms with Crippen LogP contribution in [0, 0.1) is 0 Å². The van der Waals surface area contributed by atoms with Crippen molar-refractivity contribution in [3.05, 3.63) is 65.7 Å². The number of ether oxygens (including phenoxy) is 1. The van der Waals surface area contributed by atoms with Crippen LogP contribution in [-0.2, 0) is 10.0 Å². The average Bonchev–Trinajstić information content (AvgIpc) is 3.01. The molecule has 0 fully saturated rings. The molecule has 2 aromatic rings. The van der Waals surface area contributed by atoms with Crippen LogP contribution in [0.4, 0.5) is 0 Å². The predicted molar refractivity (Wildman–Crippen MR) is 90.0 cm³/mol. The number of benzene rings is 2. The van der Waals surface area contributed by atoms with Crippen LogP contribution in [0.25, 0.3) is 0 Å². The molecule has 0 amide bonds. The largest absolute Gasteiger partial charge is 0.496 e. The van der Waals surface area contributed by atoms with Gasteiger partial charge in [-0.3, -0.25) is 0 Å². The van der Waals surface area contributed by atoms with Crippen LogP contribution >= 0.6 is 0 Å². The highest BCUT2D eigenvalue weighted by atomic mass is 32.2. The SMILES string of the molecule is COc1ccccc1C1=NN(S(C)(=O)=O)[C@@H](c2ccccc2)C1. The Balaban J connectivity index is 2.04. The first-order chi connectivity index (χ1) is 11.0. The molecule has 0 N–H and O–H groups in total. The summed E-state index contributed by atoms with van der Waals surface area (Å²) in [5.41, 5.74) is 2.45. The normalized spacial score (nSPS) is 17.9. The molecule has 3 rings (SSSR count). The minimum Gasteiger partial charge on any atom is -0.496 e. The molecule has 2 aromatic carbocycles. The Hall–Kier alpha value is -2.34. The summed E-state index contributed by atoms with van der Waals surface area (Å²) in [5.74, 6) is 0.688. The Morgan fingerprint density at radius 2 is 1.74 bits per heavy atom. The van der Waals surface area contributed by atoms with Crippen molar-refractivity contribution in [1.82, 2.24) is 4.41 Å². The molecular formula is C17H18N2O3S. The lowest BCUT2D eigenvalue weighted by atomic mass is 9.99. The van der Waals surface area contributed by atoms with Crippen molar-refractivity contribution in [2.75, 3.05) is 13.4 Å². The van der Waals surface area contributed by atoms with Gasteiger partial charge in [-0.05, 0) is 17.7 Å². The van der Waals surface area contributed by atoms with E-state index in [9.17, 15) is 8.42 Å². The molecule has 5 nitrogen and oxygen atoms in total. The van der Waals surface area contributed by atoms with Gasteiger partial charge >= 0.3 is 0 Å². The maximum absolute atomic E-state index is 12.1. The highest BCUT2D eigenvalue weighted by molar-refractivity contribution is 7.88. The number of methoxy groups -OCH3 is 1.